The summed E-state index contributed by atoms with van der Waals surface area (Å²) in [5.74, 6) is -13.3. The van der Waals surface area contributed by atoms with Crippen LogP contribution in [0.3, 0.4) is 0 Å². The van der Waals surface area contributed by atoms with Crippen LogP contribution in [0.2, 0.25) is 0 Å². The molecule has 0 aromatic heterocycles. The Hall–Kier alpha value is -10.2. The van der Waals surface area contributed by atoms with Gasteiger partial charge in [-0.2, -0.15) is 0 Å². The van der Waals surface area contributed by atoms with E-state index in [9.17, 15) is 86.5 Å². The third-order valence-corrected chi connectivity index (χ3v) is 10.4. The van der Waals surface area contributed by atoms with Gasteiger partial charge in [-0.15, -0.1) is 0 Å². The highest BCUT2D eigenvalue weighted by atomic mass is 16.5. The summed E-state index contributed by atoms with van der Waals surface area (Å²) in [5, 5.41) is 163. The molecule has 72 heavy (non-hydrogen) atoms. The molecule has 0 heterocycles. The first-order valence-corrected chi connectivity index (χ1v) is 20.7. The van der Waals surface area contributed by atoms with E-state index in [4.69, 9.17) is 28.4 Å². The van der Waals surface area contributed by atoms with Crippen LogP contribution in [0, 0.1) is 0 Å². The van der Waals surface area contributed by atoms with Gasteiger partial charge >= 0.3 is 5.97 Å². The van der Waals surface area contributed by atoms with Crippen molar-refractivity contribution in [3.05, 3.63) is 124 Å². The van der Waals surface area contributed by atoms with Crippen molar-refractivity contribution in [2.75, 3.05) is 0 Å². The van der Waals surface area contributed by atoms with E-state index in [2.05, 4.69) is 0 Å². The third kappa shape index (κ3) is 11.2. The average Bonchev–Trinajstić information content (AvgIpc) is 3.33. The predicted octanol–water partition coefficient (Wildman–Crippen LogP) is 6.44. The fourth-order valence-electron chi connectivity index (χ4n) is 6.75. The molecule has 376 valence electrons. The van der Waals surface area contributed by atoms with E-state index in [1.165, 1.54) is 30.3 Å². The van der Waals surface area contributed by atoms with E-state index < -0.39 is 124 Å². The van der Waals surface area contributed by atoms with Crippen molar-refractivity contribution in [3.63, 3.8) is 0 Å². The topological polar surface area (TPSA) is 396 Å². The van der Waals surface area contributed by atoms with Crippen molar-refractivity contribution in [2.24, 2.45) is 0 Å². The summed E-state index contributed by atoms with van der Waals surface area (Å²) in [6.45, 7) is -2.36. The highest BCUT2D eigenvalue weighted by Crippen LogP contribution is 2.45. The lowest BCUT2D eigenvalue weighted by Gasteiger charge is -2.16. The first-order chi connectivity index (χ1) is 34.1. The second-order valence-electron chi connectivity index (χ2n) is 15.7. The Labute approximate surface area is 404 Å². The van der Waals surface area contributed by atoms with Gasteiger partial charge in [0.25, 0.3) is 0 Å². The molecule has 23 heteroatoms. The van der Waals surface area contributed by atoms with Crippen molar-refractivity contribution in [1.29, 1.82) is 0 Å². The molecule has 0 atom stereocenters. The molecule has 0 saturated carbocycles. The molecule has 7 aromatic carbocycles. The van der Waals surface area contributed by atoms with Crippen LogP contribution >= 0.6 is 0 Å². The smallest absolute Gasteiger partial charge is 0.335 e. The zero-order chi connectivity index (χ0) is 52.1. The van der Waals surface area contributed by atoms with E-state index in [1.54, 1.807) is 0 Å². The Morgan fingerprint density at radius 3 is 0.667 bits per heavy atom. The molecule has 0 saturated heterocycles. The molecule has 0 radical (unpaired) electrons. The summed E-state index contributed by atoms with van der Waals surface area (Å²) in [6.07, 6.45) is 0. The number of carboxylic acids is 1. The number of aromatic hydroxyl groups is 15. The van der Waals surface area contributed by atoms with Gasteiger partial charge in [-0.3, -0.25) is 0 Å². The van der Waals surface area contributed by atoms with Crippen LogP contribution < -0.4 is 28.4 Å². The van der Waals surface area contributed by atoms with Crippen LogP contribution in [0.1, 0.15) is 43.7 Å². The van der Waals surface area contributed by atoms with Gasteiger partial charge in [0.1, 0.15) is 39.6 Å². The number of benzene rings is 7. The minimum Gasteiger partial charge on any atom is -0.504 e. The molecule has 7 rings (SSSR count). The lowest BCUT2D eigenvalue weighted by atomic mass is 10.1. The molecule has 0 aliphatic carbocycles. The van der Waals surface area contributed by atoms with Crippen molar-refractivity contribution >= 4 is 5.97 Å². The van der Waals surface area contributed by atoms with Crippen molar-refractivity contribution in [3.8, 4) is 121 Å². The SMILES string of the molecule is O=C(O)c1cc(O)c(O)c(OCc2cc(O)c(O)c(OCc3cc(O)c(O)c(OCc4cc(O)c(O)c(OCc5cc(O)c(O)c(OCc6cc(O)c(O)c(OCc7cc(O)c(O)c(O)c7)c6)c5)c4)c3)c2)c1. The maximum absolute atomic E-state index is 11.4. The van der Waals surface area contributed by atoms with E-state index in [1.807, 2.05) is 0 Å². The summed E-state index contributed by atoms with van der Waals surface area (Å²) in [4.78, 5) is 11.4. The van der Waals surface area contributed by atoms with E-state index in [-0.39, 0.29) is 80.9 Å². The Morgan fingerprint density at radius 2 is 0.444 bits per heavy atom. The van der Waals surface area contributed by atoms with Crippen LogP contribution in [-0.2, 0) is 39.6 Å². The fourth-order valence-corrected chi connectivity index (χ4v) is 6.75. The van der Waals surface area contributed by atoms with Crippen molar-refractivity contribution in [1.82, 2.24) is 0 Å². The molecule has 0 aliphatic heterocycles. The predicted molar refractivity (Wildman–Crippen MR) is 243 cm³/mol. The van der Waals surface area contributed by atoms with Gasteiger partial charge < -0.3 is 110 Å². The quantitative estimate of drug-likeness (QED) is 0.0387. The maximum Gasteiger partial charge on any atom is 0.335 e. The lowest BCUT2D eigenvalue weighted by Crippen LogP contribution is -2.02. The van der Waals surface area contributed by atoms with E-state index >= 15 is 0 Å². The maximum atomic E-state index is 11.4. The first-order valence-electron chi connectivity index (χ1n) is 20.7. The van der Waals surface area contributed by atoms with Gasteiger partial charge in [0.15, 0.2) is 86.2 Å². The van der Waals surface area contributed by atoms with Gasteiger partial charge in [-0.25, -0.2) is 4.79 Å². The van der Waals surface area contributed by atoms with Gasteiger partial charge in [-0.1, -0.05) is 0 Å². The molecule has 0 spiro atoms. The van der Waals surface area contributed by atoms with Crippen molar-refractivity contribution in [2.45, 2.75) is 39.6 Å². The number of aromatic carboxylic acids is 1. The number of hydrogen-bond donors (Lipinski definition) is 16. The molecular weight excluding hydrogens is 957 g/mol. The summed E-state index contributed by atoms with van der Waals surface area (Å²) >= 11 is 0. The second kappa shape index (κ2) is 20.6. The summed E-state index contributed by atoms with van der Waals surface area (Å²) in [5.41, 5.74) is 0.658. The number of ether oxygens (including phenoxy) is 6. The first kappa shape index (κ1) is 49.7. The number of phenolic OH excluding ortho intramolecular Hbond substituents is 15. The molecule has 0 amide bonds. The molecule has 23 nitrogen and oxygen atoms in total. The Kier molecular flexibility index (Phi) is 14.2. The van der Waals surface area contributed by atoms with Crippen LogP contribution in [-0.4, -0.2) is 87.7 Å². The standard InChI is InChI=1S/C49H42O23/c50-28-1-21(2-29(51)42(28)58)15-67-36-8-22(3-30(52)43(36)59)16-68-37-9-23(4-31(53)44(37)60)17-69-38-10-24(5-32(54)45(38)61)18-70-39-11-25(6-33(55)46(39)62)19-71-40-12-26(7-34(56)47(40)63)20-72-41-14-27(49(65)66)13-35(57)48(41)64/h1-14,50-64H,15-20H2,(H,65,66). The zero-order valence-corrected chi connectivity index (χ0v) is 36.8. The third-order valence-electron chi connectivity index (χ3n) is 10.4. The van der Waals surface area contributed by atoms with Crippen LogP contribution in [0.5, 0.6) is 121 Å². The average molecular weight is 999 g/mol. The molecular formula is C49H42O23. The van der Waals surface area contributed by atoms with Gasteiger partial charge in [0.2, 0.25) is 34.5 Å². The van der Waals surface area contributed by atoms with Gasteiger partial charge in [0.05, 0.1) is 5.56 Å². The van der Waals surface area contributed by atoms with E-state index in [0.717, 1.165) is 54.6 Å². The largest absolute Gasteiger partial charge is 0.504 e. The van der Waals surface area contributed by atoms with Gasteiger partial charge in [0, 0.05) is 0 Å². The monoisotopic (exact) mass is 998 g/mol. The molecule has 7 aromatic rings. The molecule has 0 bridgehead atoms. The normalized spacial score (nSPS) is 10.9. The van der Waals surface area contributed by atoms with Crippen LogP contribution in [0.15, 0.2) is 84.9 Å². The minimum absolute atomic E-state index is 0.155. The lowest BCUT2D eigenvalue weighted by molar-refractivity contribution is 0.0695. The Bertz CT molecular complexity index is 3180. The number of carboxylic acid groups (broad SMARTS) is 1. The molecule has 0 fully saturated rings. The number of rotatable bonds is 19. The number of hydrogen-bond acceptors (Lipinski definition) is 22. The molecule has 0 aliphatic rings. The Balaban J connectivity index is 0.987. The van der Waals surface area contributed by atoms with Crippen LogP contribution in [0.4, 0.5) is 0 Å². The minimum atomic E-state index is -1.41. The highest BCUT2D eigenvalue weighted by Gasteiger charge is 2.21. The van der Waals surface area contributed by atoms with Crippen LogP contribution in [0.25, 0.3) is 0 Å². The molecule has 0 unspecified atom stereocenters. The second-order valence-corrected chi connectivity index (χ2v) is 15.7. The van der Waals surface area contributed by atoms with Crippen molar-refractivity contribution < 1.29 is 115 Å². The highest BCUT2D eigenvalue weighted by molar-refractivity contribution is 5.89. The summed E-state index contributed by atoms with van der Waals surface area (Å²) < 4.78 is 33.8. The Morgan fingerprint density at radius 1 is 0.264 bits per heavy atom. The zero-order valence-electron chi connectivity index (χ0n) is 36.8. The number of phenols is 15. The summed E-state index contributed by atoms with van der Waals surface area (Å²) in [6, 6.07) is 15.9. The summed E-state index contributed by atoms with van der Waals surface area (Å²) in [7, 11) is 0. The number of carbonyl (C=O) groups is 1. The molecule has 16 N–H and O–H groups in total. The fraction of sp³-hybridized carbons (Fsp3) is 0.122. The van der Waals surface area contributed by atoms with E-state index in [0.29, 0.717) is 0 Å². The van der Waals surface area contributed by atoms with Gasteiger partial charge in [-0.05, 0) is 118 Å².